The second-order valence-electron chi connectivity index (χ2n) is 4.36. The second kappa shape index (κ2) is 5.46. The van der Waals surface area contributed by atoms with Gasteiger partial charge >= 0.3 is 0 Å². The number of hydrogen-bond donors (Lipinski definition) is 1. The van der Waals surface area contributed by atoms with Crippen LogP contribution in [0.3, 0.4) is 0 Å². The minimum absolute atomic E-state index is 0.415. The number of nitrogens with zero attached hydrogens (tertiary/aromatic N) is 2. The Bertz CT molecular complexity index is 329. The monoisotopic (exact) mass is 223 g/mol. The van der Waals surface area contributed by atoms with E-state index in [2.05, 4.69) is 28.9 Å². The lowest BCUT2D eigenvalue weighted by atomic mass is 10.2. The summed E-state index contributed by atoms with van der Waals surface area (Å²) in [5, 5.41) is 7.79. The highest BCUT2D eigenvalue weighted by Crippen LogP contribution is 2.11. The zero-order chi connectivity index (χ0) is 11.4. The van der Waals surface area contributed by atoms with Gasteiger partial charge in [0.25, 0.3) is 0 Å². The van der Waals surface area contributed by atoms with Crippen molar-refractivity contribution in [2.24, 2.45) is 0 Å². The van der Waals surface area contributed by atoms with Crippen molar-refractivity contribution < 1.29 is 4.74 Å². The molecule has 1 aliphatic rings. The molecular formula is C12H21N3O. The highest BCUT2D eigenvalue weighted by molar-refractivity contribution is 5.15. The molecule has 1 aromatic rings. The maximum Gasteiger partial charge on any atom is 0.0700 e. The van der Waals surface area contributed by atoms with Crippen LogP contribution < -0.4 is 5.32 Å². The lowest BCUT2D eigenvalue weighted by Gasteiger charge is -2.12. The van der Waals surface area contributed by atoms with Crippen LogP contribution in [0.1, 0.15) is 31.0 Å². The summed E-state index contributed by atoms with van der Waals surface area (Å²) in [4.78, 5) is 0. The highest BCUT2D eigenvalue weighted by Gasteiger charge is 2.15. The molecule has 0 saturated carbocycles. The summed E-state index contributed by atoms with van der Waals surface area (Å²) < 4.78 is 7.63. The van der Waals surface area contributed by atoms with Gasteiger partial charge in [-0.1, -0.05) is 0 Å². The number of hydrogen-bond acceptors (Lipinski definition) is 3. The van der Waals surface area contributed by atoms with Crippen LogP contribution in [0.2, 0.25) is 0 Å². The standard InChI is InChI=1S/C12H21N3O/c1-3-15-12(10(2)7-14-15)9-13-8-11-5-4-6-16-11/h7,11,13H,3-6,8-9H2,1-2H3. The smallest absolute Gasteiger partial charge is 0.0700 e. The topological polar surface area (TPSA) is 39.1 Å². The first-order valence-electron chi connectivity index (χ1n) is 6.15. The minimum atomic E-state index is 0.415. The molecule has 2 rings (SSSR count). The van der Waals surface area contributed by atoms with E-state index in [1.54, 1.807) is 0 Å². The van der Waals surface area contributed by atoms with E-state index in [0.29, 0.717) is 6.10 Å². The van der Waals surface area contributed by atoms with E-state index in [4.69, 9.17) is 4.74 Å². The second-order valence-corrected chi connectivity index (χ2v) is 4.36. The molecule has 1 unspecified atom stereocenters. The summed E-state index contributed by atoms with van der Waals surface area (Å²) in [6.45, 7) is 7.94. The summed E-state index contributed by atoms with van der Waals surface area (Å²) in [6.07, 6.45) is 4.75. The predicted octanol–water partition coefficient (Wildman–Crippen LogP) is 1.48. The Kier molecular flexibility index (Phi) is 3.96. The summed E-state index contributed by atoms with van der Waals surface area (Å²) in [5.74, 6) is 0. The van der Waals surface area contributed by atoms with Gasteiger partial charge in [0.15, 0.2) is 0 Å². The molecule has 2 heterocycles. The average molecular weight is 223 g/mol. The molecule has 1 fully saturated rings. The maximum absolute atomic E-state index is 5.57. The van der Waals surface area contributed by atoms with Crippen LogP contribution >= 0.6 is 0 Å². The number of ether oxygens (including phenoxy) is 1. The molecule has 1 atom stereocenters. The summed E-state index contributed by atoms with van der Waals surface area (Å²) in [7, 11) is 0. The molecule has 1 N–H and O–H groups in total. The predicted molar refractivity (Wildman–Crippen MR) is 63.3 cm³/mol. The van der Waals surface area contributed by atoms with E-state index < -0.39 is 0 Å². The van der Waals surface area contributed by atoms with Crippen molar-refractivity contribution in [2.45, 2.75) is 45.9 Å². The first kappa shape index (κ1) is 11.6. The molecule has 0 amide bonds. The van der Waals surface area contributed by atoms with Crippen molar-refractivity contribution >= 4 is 0 Å². The van der Waals surface area contributed by atoms with Gasteiger partial charge in [-0.25, -0.2) is 0 Å². The Morgan fingerprint density at radius 2 is 2.50 bits per heavy atom. The van der Waals surface area contributed by atoms with Gasteiger partial charge in [0, 0.05) is 26.2 Å². The molecule has 1 aromatic heterocycles. The lowest BCUT2D eigenvalue weighted by molar-refractivity contribution is 0.109. The van der Waals surface area contributed by atoms with E-state index in [1.807, 2.05) is 6.20 Å². The fourth-order valence-electron chi connectivity index (χ4n) is 2.16. The quantitative estimate of drug-likeness (QED) is 0.822. The van der Waals surface area contributed by atoms with Crippen molar-refractivity contribution in [1.82, 2.24) is 15.1 Å². The Morgan fingerprint density at radius 1 is 1.62 bits per heavy atom. The molecular weight excluding hydrogens is 202 g/mol. The van der Waals surface area contributed by atoms with Crippen LogP contribution in [0.4, 0.5) is 0 Å². The Labute approximate surface area is 97.0 Å². The van der Waals surface area contributed by atoms with Gasteiger partial charge in [-0.3, -0.25) is 4.68 Å². The molecule has 0 aromatic carbocycles. The summed E-state index contributed by atoms with van der Waals surface area (Å²) >= 11 is 0. The van der Waals surface area contributed by atoms with Crippen molar-refractivity contribution in [2.75, 3.05) is 13.2 Å². The summed E-state index contributed by atoms with van der Waals surface area (Å²) in [6, 6.07) is 0. The SMILES string of the molecule is CCn1ncc(C)c1CNCC1CCCO1. The molecule has 4 heteroatoms. The van der Waals surface area contributed by atoms with E-state index in [0.717, 1.165) is 26.2 Å². The molecule has 0 radical (unpaired) electrons. The van der Waals surface area contributed by atoms with Crippen molar-refractivity contribution in [3.8, 4) is 0 Å². The third-order valence-corrected chi connectivity index (χ3v) is 3.15. The van der Waals surface area contributed by atoms with E-state index >= 15 is 0 Å². The Morgan fingerprint density at radius 3 is 3.19 bits per heavy atom. The normalized spacial score (nSPS) is 20.5. The molecule has 0 spiro atoms. The first-order valence-corrected chi connectivity index (χ1v) is 6.15. The van der Waals surface area contributed by atoms with Crippen LogP contribution in [0.5, 0.6) is 0 Å². The van der Waals surface area contributed by atoms with Crippen LogP contribution in [0.25, 0.3) is 0 Å². The van der Waals surface area contributed by atoms with Crippen molar-refractivity contribution in [1.29, 1.82) is 0 Å². The Hall–Kier alpha value is -0.870. The van der Waals surface area contributed by atoms with Crippen LogP contribution in [-0.2, 0) is 17.8 Å². The average Bonchev–Trinajstić information content (AvgIpc) is 2.90. The molecule has 16 heavy (non-hydrogen) atoms. The number of rotatable bonds is 5. The van der Waals surface area contributed by atoms with Gasteiger partial charge in [-0.05, 0) is 32.3 Å². The zero-order valence-corrected chi connectivity index (χ0v) is 10.2. The van der Waals surface area contributed by atoms with Gasteiger partial charge in [0.05, 0.1) is 18.0 Å². The minimum Gasteiger partial charge on any atom is -0.377 e. The molecule has 90 valence electrons. The summed E-state index contributed by atoms with van der Waals surface area (Å²) in [5.41, 5.74) is 2.56. The van der Waals surface area contributed by atoms with Gasteiger partial charge in [-0.2, -0.15) is 5.10 Å². The fourth-order valence-corrected chi connectivity index (χ4v) is 2.16. The molecule has 1 saturated heterocycles. The van der Waals surface area contributed by atoms with Gasteiger partial charge in [0.2, 0.25) is 0 Å². The van der Waals surface area contributed by atoms with Crippen LogP contribution in [-0.4, -0.2) is 29.0 Å². The van der Waals surface area contributed by atoms with Crippen molar-refractivity contribution in [3.05, 3.63) is 17.5 Å². The lowest BCUT2D eigenvalue weighted by Crippen LogP contribution is -2.27. The van der Waals surface area contributed by atoms with Gasteiger partial charge < -0.3 is 10.1 Å². The van der Waals surface area contributed by atoms with Gasteiger partial charge in [0.1, 0.15) is 0 Å². The van der Waals surface area contributed by atoms with Crippen molar-refractivity contribution in [3.63, 3.8) is 0 Å². The molecule has 1 aliphatic heterocycles. The molecule has 0 aliphatic carbocycles. The third kappa shape index (κ3) is 2.62. The molecule has 0 bridgehead atoms. The first-order chi connectivity index (χ1) is 7.81. The molecule has 4 nitrogen and oxygen atoms in total. The number of aryl methyl sites for hydroxylation is 2. The number of nitrogens with one attached hydrogen (secondary N) is 1. The van der Waals surface area contributed by atoms with E-state index in [-0.39, 0.29) is 0 Å². The van der Waals surface area contributed by atoms with Crippen LogP contribution in [0.15, 0.2) is 6.20 Å². The van der Waals surface area contributed by atoms with Crippen LogP contribution in [0, 0.1) is 6.92 Å². The Balaban J connectivity index is 1.81. The number of aromatic nitrogens is 2. The zero-order valence-electron chi connectivity index (χ0n) is 10.2. The van der Waals surface area contributed by atoms with Gasteiger partial charge in [-0.15, -0.1) is 0 Å². The van der Waals surface area contributed by atoms with E-state index in [1.165, 1.54) is 24.1 Å². The van der Waals surface area contributed by atoms with E-state index in [9.17, 15) is 0 Å². The maximum atomic E-state index is 5.57. The highest BCUT2D eigenvalue weighted by atomic mass is 16.5. The third-order valence-electron chi connectivity index (χ3n) is 3.15. The fraction of sp³-hybridized carbons (Fsp3) is 0.750. The largest absolute Gasteiger partial charge is 0.377 e.